The van der Waals surface area contributed by atoms with Crippen molar-refractivity contribution < 1.29 is 4.79 Å². The standard InChI is InChI=1S/C16H22N4OS/c1-5-12(3)17-15(21)10-22-16-19-18-13(4)20(16)14-9-7-6-8-11(14)2/h6-9,12H,5,10H2,1-4H3,(H,17,21). The molecule has 1 unspecified atom stereocenters. The Bertz CT molecular complexity index is 653. The van der Waals surface area contributed by atoms with Gasteiger partial charge in [-0.25, -0.2) is 0 Å². The average Bonchev–Trinajstić information content (AvgIpc) is 2.86. The number of thioether (sulfide) groups is 1. The summed E-state index contributed by atoms with van der Waals surface area (Å²) in [6, 6.07) is 8.29. The number of hydrogen-bond acceptors (Lipinski definition) is 4. The molecule has 2 rings (SSSR count). The zero-order valence-corrected chi connectivity index (χ0v) is 14.3. The Labute approximate surface area is 135 Å². The van der Waals surface area contributed by atoms with E-state index in [1.807, 2.05) is 36.6 Å². The lowest BCUT2D eigenvalue weighted by molar-refractivity contribution is -0.119. The van der Waals surface area contributed by atoms with Gasteiger partial charge in [-0.2, -0.15) is 0 Å². The molecule has 1 amide bonds. The molecule has 2 aromatic rings. The molecule has 1 aromatic heterocycles. The van der Waals surface area contributed by atoms with Crippen molar-refractivity contribution in [1.82, 2.24) is 20.1 Å². The summed E-state index contributed by atoms with van der Waals surface area (Å²) in [5, 5.41) is 12.1. The molecule has 1 heterocycles. The van der Waals surface area contributed by atoms with Crippen molar-refractivity contribution in [3.8, 4) is 5.69 Å². The number of nitrogens with zero attached hydrogens (tertiary/aromatic N) is 3. The molecule has 0 fully saturated rings. The molecule has 22 heavy (non-hydrogen) atoms. The fourth-order valence-electron chi connectivity index (χ4n) is 2.08. The second-order valence-corrected chi connectivity index (χ2v) is 6.26. The minimum Gasteiger partial charge on any atom is -0.353 e. The maximum atomic E-state index is 11.9. The first-order valence-electron chi connectivity index (χ1n) is 7.43. The van der Waals surface area contributed by atoms with Gasteiger partial charge in [-0.1, -0.05) is 36.9 Å². The summed E-state index contributed by atoms with van der Waals surface area (Å²) in [4.78, 5) is 11.9. The second kappa shape index (κ2) is 7.45. The van der Waals surface area contributed by atoms with Crippen LogP contribution in [0.15, 0.2) is 29.4 Å². The third-order valence-electron chi connectivity index (χ3n) is 3.50. The van der Waals surface area contributed by atoms with Gasteiger partial charge in [0.15, 0.2) is 5.16 Å². The van der Waals surface area contributed by atoms with Crippen LogP contribution in [-0.4, -0.2) is 32.5 Å². The predicted octanol–water partition coefficient (Wildman–Crippen LogP) is 2.89. The molecule has 1 atom stereocenters. The molecule has 1 aromatic carbocycles. The van der Waals surface area contributed by atoms with Crippen molar-refractivity contribution in [2.24, 2.45) is 0 Å². The summed E-state index contributed by atoms with van der Waals surface area (Å²) >= 11 is 1.41. The molecule has 0 aliphatic heterocycles. The van der Waals surface area contributed by atoms with Crippen LogP contribution in [0, 0.1) is 13.8 Å². The Morgan fingerprint density at radius 2 is 2.05 bits per heavy atom. The smallest absolute Gasteiger partial charge is 0.230 e. The number of rotatable bonds is 6. The summed E-state index contributed by atoms with van der Waals surface area (Å²) in [5.41, 5.74) is 2.20. The van der Waals surface area contributed by atoms with Gasteiger partial charge in [-0.3, -0.25) is 9.36 Å². The van der Waals surface area contributed by atoms with Crippen LogP contribution in [0.1, 0.15) is 31.7 Å². The van der Waals surface area contributed by atoms with E-state index < -0.39 is 0 Å². The van der Waals surface area contributed by atoms with E-state index in [0.717, 1.165) is 28.7 Å². The number of carbonyl (C=O) groups excluding carboxylic acids is 1. The minimum absolute atomic E-state index is 0.0244. The molecule has 0 radical (unpaired) electrons. The van der Waals surface area contributed by atoms with Gasteiger partial charge in [0, 0.05) is 6.04 Å². The Hall–Kier alpha value is -1.82. The number of amides is 1. The topological polar surface area (TPSA) is 59.8 Å². The summed E-state index contributed by atoms with van der Waals surface area (Å²) in [6.45, 7) is 8.03. The van der Waals surface area contributed by atoms with E-state index in [4.69, 9.17) is 0 Å². The van der Waals surface area contributed by atoms with Crippen molar-refractivity contribution in [2.75, 3.05) is 5.75 Å². The van der Waals surface area contributed by atoms with E-state index in [9.17, 15) is 4.79 Å². The van der Waals surface area contributed by atoms with Crippen LogP contribution < -0.4 is 5.32 Å². The third-order valence-corrected chi connectivity index (χ3v) is 4.43. The molecule has 0 saturated carbocycles. The van der Waals surface area contributed by atoms with Crippen LogP contribution in [0.25, 0.3) is 5.69 Å². The largest absolute Gasteiger partial charge is 0.353 e. The fraction of sp³-hybridized carbons (Fsp3) is 0.438. The van der Waals surface area contributed by atoms with Gasteiger partial charge in [0.25, 0.3) is 0 Å². The first-order chi connectivity index (χ1) is 10.5. The number of carbonyl (C=O) groups is 1. The Kier molecular flexibility index (Phi) is 5.60. The van der Waals surface area contributed by atoms with E-state index in [2.05, 4.69) is 35.4 Å². The van der Waals surface area contributed by atoms with Crippen molar-refractivity contribution in [3.05, 3.63) is 35.7 Å². The van der Waals surface area contributed by atoms with Crippen LogP contribution in [0.3, 0.4) is 0 Å². The highest BCUT2D eigenvalue weighted by Crippen LogP contribution is 2.23. The number of nitrogens with one attached hydrogen (secondary N) is 1. The second-order valence-electron chi connectivity index (χ2n) is 5.32. The van der Waals surface area contributed by atoms with Crippen LogP contribution in [0.4, 0.5) is 0 Å². The molecule has 0 aliphatic carbocycles. The van der Waals surface area contributed by atoms with Gasteiger partial charge in [0.05, 0.1) is 11.4 Å². The summed E-state index contributed by atoms with van der Waals surface area (Å²) in [5.74, 6) is 1.18. The maximum Gasteiger partial charge on any atom is 0.230 e. The van der Waals surface area contributed by atoms with E-state index in [0.29, 0.717) is 5.75 Å². The summed E-state index contributed by atoms with van der Waals surface area (Å²) in [7, 11) is 0. The number of para-hydroxylation sites is 1. The maximum absolute atomic E-state index is 11.9. The van der Waals surface area contributed by atoms with E-state index in [-0.39, 0.29) is 11.9 Å². The van der Waals surface area contributed by atoms with Crippen molar-refractivity contribution >= 4 is 17.7 Å². The van der Waals surface area contributed by atoms with Crippen molar-refractivity contribution in [2.45, 2.75) is 45.3 Å². The van der Waals surface area contributed by atoms with Gasteiger partial charge in [0.1, 0.15) is 5.82 Å². The molecule has 118 valence electrons. The normalized spacial score (nSPS) is 12.2. The Balaban J connectivity index is 2.14. The third kappa shape index (κ3) is 3.88. The highest BCUT2D eigenvalue weighted by Gasteiger charge is 2.15. The van der Waals surface area contributed by atoms with Crippen molar-refractivity contribution in [3.63, 3.8) is 0 Å². The molecule has 0 aliphatic rings. The quantitative estimate of drug-likeness (QED) is 0.832. The summed E-state index contributed by atoms with van der Waals surface area (Å²) in [6.07, 6.45) is 0.926. The molecule has 0 spiro atoms. The van der Waals surface area contributed by atoms with Gasteiger partial charge < -0.3 is 5.32 Å². The van der Waals surface area contributed by atoms with E-state index in [1.54, 1.807) is 0 Å². The average molecular weight is 318 g/mol. The Morgan fingerprint density at radius 1 is 1.32 bits per heavy atom. The number of aryl methyl sites for hydroxylation is 2. The molecular weight excluding hydrogens is 296 g/mol. The summed E-state index contributed by atoms with van der Waals surface area (Å²) < 4.78 is 2.00. The first-order valence-corrected chi connectivity index (χ1v) is 8.41. The van der Waals surface area contributed by atoms with Crippen molar-refractivity contribution in [1.29, 1.82) is 0 Å². The van der Waals surface area contributed by atoms with Gasteiger partial charge in [-0.05, 0) is 38.8 Å². The van der Waals surface area contributed by atoms with Gasteiger partial charge >= 0.3 is 0 Å². The number of benzene rings is 1. The molecular formula is C16H22N4OS. The van der Waals surface area contributed by atoms with Crippen LogP contribution in [0.5, 0.6) is 0 Å². The predicted molar refractivity (Wildman–Crippen MR) is 89.5 cm³/mol. The van der Waals surface area contributed by atoms with Crippen LogP contribution in [0.2, 0.25) is 0 Å². The molecule has 6 heteroatoms. The highest BCUT2D eigenvalue weighted by atomic mass is 32.2. The molecule has 1 N–H and O–H groups in total. The number of aromatic nitrogens is 3. The lowest BCUT2D eigenvalue weighted by atomic mass is 10.2. The minimum atomic E-state index is 0.0244. The van der Waals surface area contributed by atoms with Crippen LogP contribution in [-0.2, 0) is 4.79 Å². The monoisotopic (exact) mass is 318 g/mol. The lowest BCUT2D eigenvalue weighted by Gasteiger charge is -2.12. The number of hydrogen-bond donors (Lipinski definition) is 1. The molecule has 5 nitrogen and oxygen atoms in total. The zero-order chi connectivity index (χ0) is 16.1. The Morgan fingerprint density at radius 3 is 2.73 bits per heavy atom. The fourth-order valence-corrected chi connectivity index (χ4v) is 2.88. The lowest BCUT2D eigenvalue weighted by Crippen LogP contribution is -2.33. The first kappa shape index (κ1) is 16.5. The highest BCUT2D eigenvalue weighted by molar-refractivity contribution is 7.99. The van der Waals surface area contributed by atoms with Crippen LogP contribution >= 0.6 is 11.8 Å². The van der Waals surface area contributed by atoms with E-state index in [1.165, 1.54) is 11.8 Å². The molecule has 0 saturated heterocycles. The molecule has 0 bridgehead atoms. The van der Waals surface area contributed by atoms with Gasteiger partial charge in [-0.15, -0.1) is 10.2 Å². The zero-order valence-electron chi connectivity index (χ0n) is 13.5. The SMILES string of the molecule is CCC(C)NC(=O)CSc1nnc(C)n1-c1ccccc1C. The van der Waals surface area contributed by atoms with Gasteiger partial charge in [0.2, 0.25) is 5.91 Å². The van der Waals surface area contributed by atoms with E-state index >= 15 is 0 Å².